The summed E-state index contributed by atoms with van der Waals surface area (Å²) in [6, 6.07) is 24.1. The zero-order valence-electron chi connectivity index (χ0n) is 19.1. The summed E-state index contributed by atoms with van der Waals surface area (Å²) < 4.78 is 5.78. The summed E-state index contributed by atoms with van der Waals surface area (Å²) in [5, 5.41) is 11.0. The first kappa shape index (κ1) is 20.1. The van der Waals surface area contributed by atoms with Gasteiger partial charge in [-0.25, -0.2) is 9.97 Å². The second kappa shape index (κ2) is 7.87. The highest BCUT2D eigenvalue weighted by molar-refractivity contribution is 5.86. The van der Waals surface area contributed by atoms with E-state index in [0.29, 0.717) is 5.95 Å². The van der Waals surface area contributed by atoms with E-state index in [1.165, 1.54) is 27.8 Å². The Morgan fingerprint density at radius 1 is 0.971 bits per heavy atom. The first-order valence-corrected chi connectivity index (χ1v) is 12.0. The molecule has 1 atom stereocenters. The number of nitrogens with zero attached hydrogens (tertiary/aromatic N) is 3. The predicted molar refractivity (Wildman–Crippen MR) is 136 cm³/mol. The summed E-state index contributed by atoms with van der Waals surface area (Å²) in [6.45, 7) is 1.55. The number of phenols is 1. The van der Waals surface area contributed by atoms with Gasteiger partial charge in [0, 0.05) is 41.3 Å². The third kappa shape index (κ3) is 3.33. The molecule has 0 aliphatic carbocycles. The molecule has 0 fully saturated rings. The minimum atomic E-state index is -0.0351. The summed E-state index contributed by atoms with van der Waals surface area (Å²) in [7, 11) is 0. The van der Waals surface area contributed by atoms with Crippen LogP contribution in [-0.2, 0) is 12.8 Å². The zero-order valence-corrected chi connectivity index (χ0v) is 19.1. The van der Waals surface area contributed by atoms with E-state index >= 15 is 0 Å². The highest BCUT2D eigenvalue weighted by atomic mass is 16.5. The summed E-state index contributed by atoms with van der Waals surface area (Å²) in [5.74, 6) is 1.92. The van der Waals surface area contributed by atoms with Crippen molar-refractivity contribution in [2.75, 3.05) is 18.1 Å². The molecule has 1 unspecified atom stereocenters. The van der Waals surface area contributed by atoms with Crippen LogP contribution in [0.2, 0.25) is 0 Å². The summed E-state index contributed by atoms with van der Waals surface area (Å²) in [6.07, 6.45) is 3.66. The van der Waals surface area contributed by atoms with E-state index in [0.717, 1.165) is 48.5 Å². The van der Waals surface area contributed by atoms with Crippen LogP contribution in [0.4, 0.5) is 5.95 Å². The SMILES string of the molecule is Oc1ccc(-c2ccnc(N3CCc4c([nH]c5ccccc45)C3c3ccc4c(c3)CCO4)n2)cc1. The molecule has 0 saturated carbocycles. The third-order valence-corrected chi connectivity index (χ3v) is 7.13. The lowest BCUT2D eigenvalue weighted by Gasteiger charge is -2.36. The molecule has 6 nitrogen and oxygen atoms in total. The number of nitrogens with one attached hydrogen (secondary N) is 1. The Morgan fingerprint density at radius 3 is 2.77 bits per heavy atom. The Hall–Kier alpha value is -4.32. The molecule has 0 amide bonds. The van der Waals surface area contributed by atoms with E-state index in [1.54, 1.807) is 12.1 Å². The molecule has 35 heavy (non-hydrogen) atoms. The normalized spacial score (nSPS) is 16.7. The number of para-hydroxylation sites is 1. The number of aromatic amines is 1. The van der Waals surface area contributed by atoms with Gasteiger partial charge in [-0.15, -0.1) is 0 Å². The molecule has 7 rings (SSSR count). The van der Waals surface area contributed by atoms with Gasteiger partial charge in [-0.2, -0.15) is 0 Å². The van der Waals surface area contributed by atoms with Crippen molar-refractivity contribution < 1.29 is 9.84 Å². The number of fused-ring (bicyclic) bond motifs is 4. The van der Waals surface area contributed by atoms with Gasteiger partial charge in [0.05, 0.1) is 18.3 Å². The Bertz CT molecular complexity index is 1560. The van der Waals surface area contributed by atoms with Crippen molar-refractivity contribution in [2.45, 2.75) is 18.9 Å². The molecule has 2 N–H and O–H groups in total. The molecule has 0 saturated heterocycles. The smallest absolute Gasteiger partial charge is 0.226 e. The molecule has 2 aliphatic heterocycles. The second-order valence-corrected chi connectivity index (χ2v) is 9.16. The van der Waals surface area contributed by atoms with Crippen molar-refractivity contribution in [1.29, 1.82) is 0 Å². The maximum absolute atomic E-state index is 9.69. The van der Waals surface area contributed by atoms with E-state index < -0.39 is 0 Å². The van der Waals surface area contributed by atoms with Crippen LogP contribution in [0.5, 0.6) is 11.5 Å². The fourth-order valence-corrected chi connectivity index (χ4v) is 5.46. The number of ether oxygens (including phenoxy) is 1. The number of hydrogen-bond acceptors (Lipinski definition) is 5. The molecule has 4 heterocycles. The monoisotopic (exact) mass is 460 g/mol. The summed E-state index contributed by atoms with van der Waals surface area (Å²) in [5.41, 5.74) is 7.97. The average Bonchev–Trinajstić information content (AvgIpc) is 3.52. The van der Waals surface area contributed by atoms with Gasteiger partial charge in [0.1, 0.15) is 11.5 Å². The van der Waals surface area contributed by atoms with Crippen molar-refractivity contribution in [2.24, 2.45) is 0 Å². The lowest BCUT2D eigenvalue weighted by molar-refractivity contribution is 0.357. The maximum atomic E-state index is 9.69. The minimum Gasteiger partial charge on any atom is -0.508 e. The van der Waals surface area contributed by atoms with E-state index in [4.69, 9.17) is 14.7 Å². The number of phenolic OH excluding ortho intramolecular Hbond substituents is 1. The first-order chi connectivity index (χ1) is 17.2. The minimum absolute atomic E-state index is 0.0351. The number of rotatable bonds is 3. The average molecular weight is 461 g/mol. The maximum Gasteiger partial charge on any atom is 0.226 e. The lowest BCUT2D eigenvalue weighted by Crippen LogP contribution is -2.37. The topological polar surface area (TPSA) is 74.3 Å². The van der Waals surface area contributed by atoms with Crippen molar-refractivity contribution in [3.8, 4) is 22.8 Å². The second-order valence-electron chi connectivity index (χ2n) is 9.16. The van der Waals surface area contributed by atoms with Crippen molar-refractivity contribution in [1.82, 2.24) is 15.0 Å². The predicted octanol–water partition coefficient (Wildman–Crippen LogP) is 5.42. The fraction of sp³-hybridized carbons (Fsp3) is 0.172. The van der Waals surface area contributed by atoms with Gasteiger partial charge in [0.15, 0.2) is 0 Å². The molecule has 172 valence electrons. The number of aromatic hydroxyl groups is 1. The lowest BCUT2D eigenvalue weighted by atomic mass is 9.91. The summed E-state index contributed by atoms with van der Waals surface area (Å²) in [4.78, 5) is 15.7. The van der Waals surface area contributed by atoms with Gasteiger partial charge >= 0.3 is 0 Å². The van der Waals surface area contributed by atoms with Crippen LogP contribution in [0.3, 0.4) is 0 Å². The van der Waals surface area contributed by atoms with Gasteiger partial charge in [0.25, 0.3) is 0 Å². The first-order valence-electron chi connectivity index (χ1n) is 12.0. The van der Waals surface area contributed by atoms with Gasteiger partial charge in [-0.1, -0.05) is 24.3 Å². The Morgan fingerprint density at radius 2 is 1.86 bits per heavy atom. The fourth-order valence-electron chi connectivity index (χ4n) is 5.46. The molecule has 5 aromatic rings. The van der Waals surface area contributed by atoms with E-state index in [1.807, 2.05) is 24.4 Å². The molecular formula is C29H24N4O2. The van der Waals surface area contributed by atoms with Crippen LogP contribution in [0.15, 0.2) is 79.0 Å². The molecule has 0 spiro atoms. The van der Waals surface area contributed by atoms with Crippen LogP contribution in [0.1, 0.15) is 28.4 Å². The molecule has 0 radical (unpaired) electrons. The van der Waals surface area contributed by atoms with Gasteiger partial charge in [0.2, 0.25) is 5.95 Å². The summed E-state index contributed by atoms with van der Waals surface area (Å²) >= 11 is 0. The molecule has 6 heteroatoms. The van der Waals surface area contributed by atoms with E-state index in [2.05, 4.69) is 52.3 Å². The van der Waals surface area contributed by atoms with Crippen molar-refractivity contribution in [3.63, 3.8) is 0 Å². The number of hydrogen-bond donors (Lipinski definition) is 2. The van der Waals surface area contributed by atoms with Crippen LogP contribution >= 0.6 is 0 Å². The van der Waals surface area contributed by atoms with Crippen LogP contribution < -0.4 is 9.64 Å². The number of benzene rings is 3. The standard InChI is InChI=1S/C29H24N4O2/c34-21-8-5-18(6-9-21)24-11-14-30-29(32-24)33-15-12-23-22-3-1-2-4-25(22)31-27(23)28(33)20-7-10-26-19(17-20)13-16-35-26/h1-11,14,17,28,31,34H,12-13,15-16H2. The quantitative estimate of drug-likeness (QED) is 0.376. The van der Waals surface area contributed by atoms with Gasteiger partial charge < -0.3 is 19.7 Å². The largest absolute Gasteiger partial charge is 0.508 e. The third-order valence-electron chi connectivity index (χ3n) is 7.13. The number of H-pyrrole nitrogens is 1. The molecule has 3 aromatic carbocycles. The van der Waals surface area contributed by atoms with Gasteiger partial charge in [-0.05, 0) is 71.6 Å². The van der Waals surface area contributed by atoms with Gasteiger partial charge in [-0.3, -0.25) is 0 Å². The number of aromatic nitrogens is 3. The van der Waals surface area contributed by atoms with Crippen molar-refractivity contribution in [3.05, 3.63) is 101 Å². The Labute approximate surface area is 202 Å². The number of anilines is 1. The van der Waals surface area contributed by atoms with Crippen LogP contribution in [0, 0.1) is 0 Å². The Kier molecular flexibility index (Phi) is 4.52. The van der Waals surface area contributed by atoms with Crippen LogP contribution in [0.25, 0.3) is 22.2 Å². The zero-order chi connectivity index (χ0) is 23.4. The van der Waals surface area contributed by atoms with Crippen molar-refractivity contribution >= 4 is 16.9 Å². The van der Waals surface area contributed by atoms with E-state index in [9.17, 15) is 5.11 Å². The van der Waals surface area contributed by atoms with E-state index in [-0.39, 0.29) is 11.8 Å². The highest BCUT2D eigenvalue weighted by Crippen LogP contribution is 2.41. The van der Waals surface area contributed by atoms with Crippen LogP contribution in [-0.4, -0.2) is 33.2 Å². The molecule has 0 bridgehead atoms. The highest BCUT2D eigenvalue weighted by Gasteiger charge is 2.34. The molecular weight excluding hydrogens is 436 g/mol. The molecule has 2 aliphatic rings. The Balaban J connectivity index is 1.38. The molecule has 2 aromatic heterocycles.